The van der Waals surface area contributed by atoms with Gasteiger partial charge in [0.05, 0.1) is 5.54 Å². The highest BCUT2D eigenvalue weighted by molar-refractivity contribution is 5.51. The van der Waals surface area contributed by atoms with Gasteiger partial charge >= 0.3 is 0 Å². The van der Waals surface area contributed by atoms with Crippen molar-refractivity contribution in [3.8, 4) is 0 Å². The Morgan fingerprint density at radius 1 is 1.29 bits per heavy atom. The van der Waals surface area contributed by atoms with Crippen molar-refractivity contribution in [2.24, 2.45) is 5.11 Å². The van der Waals surface area contributed by atoms with E-state index in [-0.39, 0.29) is 5.54 Å². The summed E-state index contributed by atoms with van der Waals surface area (Å²) in [4.78, 5) is 2.86. The Morgan fingerprint density at radius 2 is 2.00 bits per heavy atom. The van der Waals surface area contributed by atoms with Crippen LogP contribution in [0.2, 0.25) is 0 Å². The molecule has 0 N–H and O–H groups in total. The Morgan fingerprint density at radius 3 is 2.57 bits per heavy atom. The minimum absolute atomic E-state index is 0.218. The Balaban J connectivity index is 2.11. The average molecular weight is 185 g/mol. The largest absolute Gasteiger partial charge is 0.0832 e. The van der Waals surface area contributed by atoms with Crippen molar-refractivity contribution in [1.29, 1.82) is 0 Å². The Labute approximate surface area is 82.7 Å². The van der Waals surface area contributed by atoms with E-state index in [9.17, 15) is 0 Å². The maximum absolute atomic E-state index is 8.36. The van der Waals surface area contributed by atoms with Gasteiger partial charge in [-0.3, -0.25) is 0 Å². The molecule has 0 atom stereocenters. The highest BCUT2D eigenvalue weighted by Gasteiger charge is 2.38. The maximum Gasteiger partial charge on any atom is 0.0672 e. The average Bonchev–Trinajstić information content (AvgIpc) is 2.98. The van der Waals surface area contributed by atoms with Crippen LogP contribution in [0.4, 0.5) is 0 Å². The number of benzene rings is 1. The van der Waals surface area contributed by atoms with Crippen LogP contribution >= 0.6 is 0 Å². The Kier molecular flexibility index (Phi) is 2.25. The lowest BCUT2D eigenvalue weighted by atomic mass is 10.1. The van der Waals surface area contributed by atoms with Crippen LogP contribution in [0.1, 0.15) is 18.4 Å². The van der Waals surface area contributed by atoms with Gasteiger partial charge in [0.2, 0.25) is 0 Å². The van der Waals surface area contributed by atoms with Crippen molar-refractivity contribution >= 4 is 6.08 Å². The summed E-state index contributed by atoms with van der Waals surface area (Å²) in [6, 6.07) is 10.0. The lowest BCUT2D eigenvalue weighted by Gasteiger charge is -1.98. The molecule has 14 heavy (non-hydrogen) atoms. The van der Waals surface area contributed by atoms with Gasteiger partial charge < -0.3 is 0 Å². The van der Waals surface area contributed by atoms with E-state index in [2.05, 4.69) is 10.0 Å². The number of azide groups is 1. The molecule has 0 aromatic heterocycles. The molecule has 1 aromatic carbocycles. The van der Waals surface area contributed by atoms with E-state index in [4.69, 9.17) is 5.53 Å². The summed E-state index contributed by atoms with van der Waals surface area (Å²) in [5.41, 5.74) is 9.29. The fraction of sp³-hybridized carbons (Fsp3) is 0.273. The minimum Gasteiger partial charge on any atom is -0.0832 e. The number of nitrogens with zero attached hydrogens (tertiary/aromatic N) is 3. The fourth-order valence-corrected chi connectivity index (χ4v) is 1.33. The first-order valence-electron chi connectivity index (χ1n) is 4.65. The Bertz CT molecular complexity index is 384. The van der Waals surface area contributed by atoms with Crippen LogP contribution in [0.25, 0.3) is 16.5 Å². The molecule has 0 aliphatic heterocycles. The van der Waals surface area contributed by atoms with Crippen LogP contribution in [-0.2, 0) is 0 Å². The van der Waals surface area contributed by atoms with E-state index in [1.807, 2.05) is 42.5 Å². The molecule has 70 valence electrons. The van der Waals surface area contributed by atoms with E-state index in [0.717, 1.165) is 18.4 Å². The van der Waals surface area contributed by atoms with Crippen molar-refractivity contribution in [3.63, 3.8) is 0 Å². The van der Waals surface area contributed by atoms with Gasteiger partial charge in [-0.15, -0.1) is 0 Å². The first kappa shape index (κ1) is 8.85. The van der Waals surface area contributed by atoms with Crippen molar-refractivity contribution in [2.45, 2.75) is 18.4 Å². The molecular weight excluding hydrogens is 174 g/mol. The van der Waals surface area contributed by atoms with Crippen molar-refractivity contribution in [2.75, 3.05) is 0 Å². The molecule has 2 rings (SSSR count). The molecule has 1 fully saturated rings. The van der Waals surface area contributed by atoms with Gasteiger partial charge in [0.15, 0.2) is 0 Å². The first-order valence-corrected chi connectivity index (χ1v) is 4.65. The second kappa shape index (κ2) is 3.56. The van der Waals surface area contributed by atoms with Crippen LogP contribution < -0.4 is 0 Å². The van der Waals surface area contributed by atoms with Gasteiger partial charge in [-0.2, -0.15) is 0 Å². The molecule has 0 saturated heterocycles. The second-order valence-corrected chi connectivity index (χ2v) is 3.54. The third kappa shape index (κ3) is 1.95. The van der Waals surface area contributed by atoms with Gasteiger partial charge in [0.1, 0.15) is 0 Å². The lowest BCUT2D eigenvalue weighted by molar-refractivity contribution is 0.847. The SMILES string of the molecule is [N-]=[N+]=NC1(/C=C/c2ccccc2)CC1. The fourth-order valence-electron chi connectivity index (χ4n) is 1.33. The zero-order valence-corrected chi connectivity index (χ0v) is 7.80. The third-order valence-electron chi connectivity index (χ3n) is 2.39. The van der Waals surface area contributed by atoms with E-state index < -0.39 is 0 Å². The zero-order chi connectivity index (χ0) is 9.86. The first-order chi connectivity index (χ1) is 6.85. The summed E-state index contributed by atoms with van der Waals surface area (Å²) < 4.78 is 0. The highest BCUT2D eigenvalue weighted by atomic mass is 15.2. The van der Waals surface area contributed by atoms with Gasteiger partial charge in [-0.1, -0.05) is 47.6 Å². The van der Waals surface area contributed by atoms with Crippen LogP contribution in [0.3, 0.4) is 0 Å². The van der Waals surface area contributed by atoms with Crippen molar-refractivity contribution < 1.29 is 0 Å². The summed E-state index contributed by atoms with van der Waals surface area (Å²) >= 11 is 0. The normalized spacial score (nSPS) is 17.7. The monoisotopic (exact) mass is 185 g/mol. The van der Waals surface area contributed by atoms with Gasteiger partial charge in [0.25, 0.3) is 0 Å². The molecule has 0 spiro atoms. The van der Waals surface area contributed by atoms with Crippen LogP contribution in [0.15, 0.2) is 41.5 Å². The number of rotatable bonds is 3. The molecule has 0 radical (unpaired) electrons. The lowest BCUT2D eigenvalue weighted by Crippen LogP contribution is -1.95. The van der Waals surface area contributed by atoms with E-state index in [1.54, 1.807) is 0 Å². The van der Waals surface area contributed by atoms with E-state index >= 15 is 0 Å². The Hall–Kier alpha value is -1.73. The molecule has 3 heteroatoms. The third-order valence-corrected chi connectivity index (χ3v) is 2.39. The maximum atomic E-state index is 8.36. The van der Waals surface area contributed by atoms with Crippen molar-refractivity contribution in [1.82, 2.24) is 0 Å². The summed E-state index contributed by atoms with van der Waals surface area (Å²) in [5.74, 6) is 0. The molecule has 1 aromatic rings. The van der Waals surface area contributed by atoms with Crippen LogP contribution in [0, 0.1) is 0 Å². The molecular formula is C11H11N3. The molecule has 1 aliphatic carbocycles. The standard InChI is InChI=1S/C11H11N3/c12-14-13-11(8-9-11)7-6-10-4-2-1-3-5-10/h1-7H,8-9H2/b7-6+. The number of hydrogen-bond acceptors (Lipinski definition) is 1. The van der Waals surface area contributed by atoms with E-state index in [1.165, 1.54) is 0 Å². The minimum atomic E-state index is -0.218. The predicted octanol–water partition coefficient (Wildman–Crippen LogP) is 3.54. The van der Waals surface area contributed by atoms with E-state index in [0.29, 0.717) is 0 Å². The summed E-state index contributed by atoms with van der Waals surface area (Å²) in [6.07, 6.45) is 5.96. The predicted molar refractivity (Wildman–Crippen MR) is 56.6 cm³/mol. The second-order valence-electron chi connectivity index (χ2n) is 3.54. The van der Waals surface area contributed by atoms with Crippen molar-refractivity contribution in [3.05, 3.63) is 52.4 Å². The van der Waals surface area contributed by atoms with Crippen LogP contribution in [0.5, 0.6) is 0 Å². The topological polar surface area (TPSA) is 48.8 Å². The van der Waals surface area contributed by atoms with Gasteiger partial charge in [0, 0.05) is 4.91 Å². The van der Waals surface area contributed by atoms with Gasteiger partial charge in [-0.25, -0.2) is 0 Å². The highest BCUT2D eigenvalue weighted by Crippen LogP contribution is 2.41. The summed E-state index contributed by atoms with van der Waals surface area (Å²) in [5, 5.41) is 3.78. The molecule has 1 aliphatic rings. The molecule has 1 saturated carbocycles. The molecule has 0 bridgehead atoms. The quantitative estimate of drug-likeness (QED) is 0.393. The number of hydrogen-bond donors (Lipinski definition) is 0. The zero-order valence-electron chi connectivity index (χ0n) is 7.80. The molecule has 3 nitrogen and oxygen atoms in total. The smallest absolute Gasteiger partial charge is 0.0672 e. The summed E-state index contributed by atoms with van der Waals surface area (Å²) in [6.45, 7) is 0. The molecule has 0 amide bonds. The molecule has 0 heterocycles. The summed E-state index contributed by atoms with van der Waals surface area (Å²) in [7, 11) is 0. The molecule has 0 unspecified atom stereocenters. The van der Waals surface area contributed by atoms with Gasteiger partial charge in [-0.05, 0) is 23.9 Å². The van der Waals surface area contributed by atoms with Crippen LogP contribution in [-0.4, -0.2) is 5.54 Å².